The topological polar surface area (TPSA) is 106 Å². The van der Waals surface area contributed by atoms with E-state index in [-0.39, 0.29) is 23.6 Å². The maximum atomic E-state index is 12.9. The van der Waals surface area contributed by atoms with Crippen LogP contribution in [0.4, 0.5) is 8.78 Å². The van der Waals surface area contributed by atoms with Gasteiger partial charge in [0.15, 0.2) is 0 Å². The molecule has 1 atom stereocenters. The van der Waals surface area contributed by atoms with E-state index in [1.807, 2.05) is 0 Å². The Hall–Kier alpha value is -3.66. The Balaban J connectivity index is 2.10. The quantitative estimate of drug-likeness (QED) is 0.610. The first kappa shape index (κ1) is 21.1. The number of carbonyl (C=O) groups excluding carboxylic acids is 1. The molecule has 0 aliphatic rings. The van der Waals surface area contributed by atoms with E-state index in [4.69, 9.17) is 5.11 Å². The summed E-state index contributed by atoms with van der Waals surface area (Å²) >= 11 is 0. The number of aliphatic hydroxyl groups excluding tert-OH is 1. The fraction of sp³-hybridized carbons (Fsp3) is 0.200. The number of pyridine rings is 1. The van der Waals surface area contributed by atoms with E-state index in [9.17, 15) is 18.4 Å². The Labute approximate surface area is 169 Å². The maximum Gasteiger partial charge on any atom is 0.387 e. The van der Waals surface area contributed by atoms with E-state index in [0.29, 0.717) is 11.3 Å². The SMILES string of the molecule is CC(CO)NC(=O)c1cc(-c2ccc(OC(F)F)cc2)nn(-c2cccnc2)c1=O. The lowest BCUT2D eigenvalue weighted by Crippen LogP contribution is -2.39. The fourth-order valence-electron chi connectivity index (χ4n) is 2.61. The Kier molecular flexibility index (Phi) is 6.48. The summed E-state index contributed by atoms with van der Waals surface area (Å²) in [4.78, 5) is 29.4. The zero-order chi connectivity index (χ0) is 21.7. The number of halogens is 2. The van der Waals surface area contributed by atoms with Gasteiger partial charge in [0.25, 0.3) is 11.5 Å². The van der Waals surface area contributed by atoms with Crippen molar-refractivity contribution >= 4 is 5.91 Å². The number of nitrogens with one attached hydrogen (secondary N) is 1. The van der Waals surface area contributed by atoms with Gasteiger partial charge in [-0.3, -0.25) is 14.6 Å². The minimum absolute atomic E-state index is 0.0379. The van der Waals surface area contributed by atoms with E-state index in [1.54, 1.807) is 19.1 Å². The molecule has 1 unspecified atom stereocenters. The van der Waals surface area contributed by atoms with Crippen LogP contribution in [0.5, 0.6) is 5.75 Å². The molecule has 3 rings (SSSR count). The van der Waals surface area contributed by atoms with Crippen LogP contribution in [0.1, 0.15) is 17.3 Å². The molecule has 0 radical (unpaired) electrons. The van der Waals surface area contributed by atoms with Gasteiger partial charge in [-0.05, 0) is 49.4 Å². The third-order valence-corrected chi connectivity index (χ3v) is 4.07. The summed E-state index contributed by atoms with van der Waals surface area (Å²) in [6, 6.07) is 9.57. The molecule has 3 aromatic rings. The Morgan fingerprint density at radius 1 is 1.27 bits per heavy atom. The van der Waals surface area contributed by atoms with Crippen LogP contribution in [-0.2, 0) is 0 Å². The molecule has 8 nitrogen and oxygen atoms in total. The molecule has 2 heterocycles. The lowest BCUT2D eigenvalue weighted by Gasteiger charge is -2.13. The van der Waals surface area contributed by atoms with Gasteiger partial charge in [-0.1, -0.05) is 0 Å². The van der Waals surface area contributed by atoms with Gasteiger partial charge in [0.05, 0.1) is 24.2 Å². The number of benzene rings is 1. The summed E-state index contributed by atoms with van der Waals surface area (Å²) in [5, 5.41) is 16.0. The summed E-state index contributed by atoms with van der Waals surface area (Å²) in [6.45, 7) is -1.67. The van der Waals surface area contributed by atoms with E-state index in [1.165, 1.54) is 42.7 Å². The molecule has 0 saturated carbocycles. The first-order valence-electron chi connectivity index (χ1n) is 8.90. The fourth-order valence-corrected chi connectivity index (χ4v) is 2.61. The number of alkyl halides is 2. The van der Waals surface area contributed by atoms with Crippen molar-refractivity contribution in [2.24, 2.45) is 0 Å². The Bertz CT molecular complexity index is 1070. The molecule has 30 heavy (non-hydrogen) atoms. The van der Waals surface area contributed by atoms with Gasteiger partial charge in [-0.15, -0.1) is 0 Å². The molecule has 1 amide bonds. The smallest absolute Gasteiger partial charge is 0.387 e. The highest BCUT2D eigenvalue weighted by molar-refractivity contribution is 5.95. The number of ether oxygens (including phenoxy) is 1. The largest absolute Gasteiger partial charge is 0.435 e. The summed E-state index contributed by atoms with van der Waals surface area (Å²) in [5.74, 6) is -0.718. The van der Waals surface area contributed by atoms with Crippen molar-refractivity contribution in [3.8, 4) is 22.7 Å². The zero-order valence-corrected chi connectivity index (χ0v) is 15.8. The zero-order valence-electron chi connectivity index (χ0n) is 15.8. The van der Waals surface area contributed by atoms with Gasteiger partial charge >= 0.3 is 6.61 Å². The van der Waals surface area contributed by atoms with Gasteiger partial charge in [0, 0.05) is 17.8 Å². The number of nitrogens with zero attached hydrogens (tertiary/aromatic N) is 3. The average Bonchev–Trinajstić information content (AvgIpc) is 2.74. The molecule has 1 aromatic carbocycles. The van der Waals surface area contributed by atoms with Gasteiger partial charge in [-0.25, -0.2) is 0 Å². The van der Waals surface area contributed by atoms with Crippen LogP contribution in [0.25, 0.3) is 16.9 Å². The number of aromatic nitrogens is 3. The lowest BCUT2D eigenvalue weighted by molar-refractivity contribution is -0.0498. The van der Waals surface area contributed by atoms with E-state index in [0.717, 1.165) is 4.68 Å². The minimum atomic E-state index is -2.95. The van der Waals surface area contributed by atoms with Crippen molar-refractivity contribution in [1.82, 2.24) is 20.1 Å². The standard InChI is InChI=1S/C20H18F2N4O4/c1-12(11-27)24-18(28)16-9-17(13-4-6-15(7-5-13)30-20(21)22)25-26(19(16)29)14-3-2-8-23-10-14/h2-10,12,20,27H,11H2,1H3,(H,24,28). The molecule has 2 aromatic heterocycles. The predicted octanol–water partition coefficient (Wildman–Crippen LogP) is 2.01. The van der Waals surface area contributed by atoms with Gasteiger partial charge in [-0.2, -0.15) is 18.6 Å². The minimum Gasteiger partial charge on any atom is -0.435 e. The summed E-state index contributed by atoms with van der Waals surface area (Å²) in [7, 11) is 0. The highest BCUT2D eigenvalue weighted by Gasteiger charge is 2.19. The van der Waals surface area contributed by atoms with Crippen LogP contribution in [-0.4, -0.2) is 45.0 Å². The number of aliphatic hydroxyl groups is 1. The van der Waals surface area contributed by atoms with Crippen molar-refractivity contribution in [3.63, 3.8) is 0 Å². The monoisotopic (exact) mass is 416 g/mol. The number of carbonyl (C=O) groups is 1. The third-order valence-electron chi connectivity index (χ3n) is 4.07. The molecule has 156 valence electrons. The van der Waals surface area contributed by atoms with Crippen molar-refractivity contribution in [2.75, 3.05) is 6.61 Å². The summed E-state index contributed by atoms with van der Waals surface area (Å²) in [5.41, 5.74) is 0.192. The third kappa shape index (κ3) is 4.84. The second-order valence-electron chi connectivity index (χ2n) is 6.33. The van der Waals surface area contributed by atoms with E-state index in [2.05, 4.69) is 20.1 Å². The van der Waals surface area contributed by atoms with Gasteiger partial charge in [0.1, 0.15) is 11.3 Å². The number of hydrogen-bond acceptors (Lipinski definition) is 6. The molecular weight excluding hydrogens is 398 g/mol. The summed E-state index contributed by atoms with van der Waals surface area (Å²) < 4.78 is 30.1. The molecule has 0 aliphatic carbocycles. The molecule has 0 fully saturated rings. The molecule has 0 spiro atoms. The molecule has 0 saturated heterocycles. The highest BCUT2D eigenvalue weighted by Crippen LogP contribution is 2.22. The second kappa shape index (κ2) is 9.23. The summed E-state index contributed by atoms with van der Waals surface area (Å²) in [6.07, 6.45) is 2.94. The lowest BCUT2D eigenvalue weighted by atomic mass is 10.1. The van der Waals surface area contributed by atoms with Crippen LogP contribution < -0.4 is 15.6 Å². The van der Waals surface area contributed by atoms with Crippen molar-refractivity contribution < 1.29 is 23.4 Å². The first-order valence-corrected chi connectivity index (χ1v) is 8.90. The van der Waals surface area contributed by atoms with Gasteiger partial charge < -0.3 is 15.2 Å². The predicted molar refractivity (Wildman–Crippen MR) is 104 cm³/mol. The van der Waals surface area contributed by atoms with Crippen LogP contribution >= 0.6 is 0 Å². The van der Waals surface area contributed by atoms with Crippen LogP contribution in [0.2, 0.25) is 0 Å². The van der Waals surface area contributed by atoms with E-state index < -0.39 is 24.1 Å². The van der Waals surface area contributed by atoms with Crippen LogP contribution in [0.3, 0.4) is 0 Å². The van der Waals surface area contributed by atoms with Gasteiger partial charge in [0.2, 0.25) is 0 Å². The molecular formula is C20H18F2N4O4. The average molecular weight is 416 g/mol. The molecule has 0 bridgehead atoms. The number of hydrogen-bond donors (Lipinski definition) is 2. The highest BCUT2D eigenvalue weighted by atomic mass is 19.3. The maximum absolute atomic E-state index is 12.9. The van der Waals surface area contributed by atoms with Crippen molar-refractivity contribution in [2.45, 2.75) is 19.6 Å². The van der Waals surface area contributed by atoms with Crippen LogP contribution in [0, 0.1) is 0 Å². The normalized spacial score (nSPS) is 11.9. The number of amides is 1. The van der Waals surface area contributed by atoms with Crippen molar-refractivity contribution in [1.29, 1.82) is 0 Å². The molecule has 10 heteroatoms. The van der Waals surface area contributed by atoms with E-state index >= 15 is 0 Å². The van der Waals surface area contributed by atoms with Crippen molar-refractivity contribution in [3.05, 3.63) is 70.8 Å². The van der Waals surface area contributed by atoms with Crippen LogP contribution in [0.15, 0.2) is 59.7 Å². The Morgan fingerprint density at radius 2 is 2.00 bits per heavy atom. The molecule has 2 N–H and O–H groups in total. The number of rotatable bonds is 7. The second-order valence-corrected chi connectivity index (χ2v) is 6.33. The molecule has 0 aliphatic heterocycles. The first-order chi connectivity index (χ1) is 14.4. The Morgan fingerprint density at radius 3 is 2.60 bits per heavy atom.